The first kappa shape index (κ1) is 15.9. The highest BCUT2D eigenvalue weighted by atomic mass is 16.4. The van der Waals surface area contributed by atoms with Gasteiger partial charge in [-0.05, 0) is 36.4 Å². The molecular weight excluding hydrogens is 310 g/mol. The lowest BCUT2D eigenvalue weighted by Gasteiger charge is -2.21. The average Bonchev–Trinajstić information content (AvgIpc) is 3.09. The zero-order valence-electron chi connectivity index (χ0n) is 12.9. The van der Waals surface area contributed by atoms with Crippen LogP contribution in [0.2, 0.25) is 0 Å². The minimum absolute atomic E-state index is 0.211. The Morgan fingerprint density at radius 1 is 1.25 bits per heavy atom. The highest BCUT2D eigenvalue weighted by Crippen LogP contribution is 2.17. The summed E-state index contributed by atoms with van der Waals surface area (Å²) in [5.74, 6) is -1.75. The summed E-state index contributed by atoms with van der Waals surface area (Å²) in [5.41, 5.74) is 0.442. The van der Waals surface area contributed by atoms with Gasteiger partial charge in [0.25, 0.3) is 5.91 Å². The fourth-order valence-electron chi connectivity index (χ4n) is 2.91. The highest BCUT2D eigenvalue weighted by Gasteiger charge is 2.33. The molecule has 2 N–H and O–H groups in total. The van der Waals surface area contributed by atoms with Gasteiger partial charge < -0.3 is 15.3 Å². The van der Waals surface area contributed by atoms with Gasteiger partial charge in [0.1, 0.15) is 6.04 Å². The lowest BCUT2D eigenvalue weighted by Crippen LogP contribution is -2.45. The first-order valence-electron chi connectivity index (χ1n) is 7.70. The molecule has 0 bridgehead atoms. The summed E-state index contributed by atoms with van der Waals surface area (Å²) in [6.07, 6.45) is 4.47. The van der Waals surface area contributed by atoms with E-state index in [9.17, 15) is 14.4 Å². The molecule has 1 aromatic carbocycles. The zero-order chi connectivity index (χ0) is 17.1. The first-order valence-corrected chi connectivity index (χ1v) is 7.70. The van der Waals surface area contributed by atoms with Gasteiger partial charge in [0.15, 0.2) is 0 Å². The maximum Gasteiger partial charge on any atom is 0.326 e. The van der Waals surface area contributed by atoms with Crippen molar-refractivity contribution in [1.29, 1.82) is 0 Å². The third-order valence-corrected chi connectivity index (χ3v) is 4.16. The molecule has 1 saturated heterocycles. The van der Waals surface area contributed by atoms with Gasteiger partial charge in [0.05, 0.1) is 6.54 Å². The molecule has 2 aromatic rings. The van der Waals surface area contributed by atoms with Crippen LogP contribution in [0, 0.1) is 0 Å². The second-order valence-corrected chi connectivity index (χ2v) is 5.70. The van der Waals surface area contributed by atoms with Crippen LogP contribution in [0.4, 0.5) is 0 Å². The third-order valence-electron chi connectivity index (χ3n) is 4.16. The number of pyridine rings is 1. The number of carboxylic acids is 1. The second kappa shape index (κ2) is 6.66. The molecule has 1 aromatic heterocycles. The quantitative estimate of drug-likeness (QED) is 0.874. The number of nitrogens with one attached hydrogen (secondary N) is 1. The van der Waals surface area contributed by atoms with Gasteiger partial charge in [0, 0.05) is 29.9 Å². The first-order chi connectivity index (χ1) is 11.6. The van der Waals surface area contributed by atoms with Crippen LogP contribution in [0.3, 0.4) is 0 Å². The summed E-state index contributed by atoms with van der Waals surface area (Å²) in [6, 6.07) is 6.20. The predicted molar refractivity (Wildman–Crippen MR) is 86.4 cm³/mol. The molecule has 7 nitrogen and oxygen atoms in total. The number of carboxylic acid groups (broad SMARTS) is 1. The molecule has 1 unspecified atom stereocenters. The van der Waals surface area contributed by atoms with Crippen molar-refractivity contribution < 1.29 is 19.5 Å². The topological polar surface area (TPSA) is 99.6 Å². The van der Waals surface area contributed by atoms with E-state index in [1.54, 1.807) is 36.7 Å². The molecule has 2 heterocycles. The molecule has 1 aliphatic heterocycles. The van der Waals surface area contributed by atoms with Gasteiger partial charge in [-0.1, -0.05) is 6.07 Å². The highest BCUT2D eigenvalue weighted by molar-refractivity contribution is 6.00. The Bertz CT molecular complexity index is 805. The molecule has 1 atom stereocenters. The second-order valence-electron chi connectivity index (χ2n) is 5.70. The van der Waals surface area contributed by atoms with Crippen molar-refractivity contribution >= 4 is 28.6 Å². The van der Waals surface area contributed by atoms with E-state index in [1.807, 2.05) is 0 Å². The van der Waals surface area contributed by atoms with Gasteiger partial charge in [-0.2, -0.15) is 0 Å². The van der Waals surface area contributed by atoms with E-state index in [-0.39, 0.29) is 18.4 Å². The van der Waals surface area contributed by atoms with E-state index in [1.165, 1.54) is 4.90 Å². The van der Waals surface area contributed by atoms with E-state index in [4.69, 9.17) is 5.11 Å². The summed E-state index contributed by atoms with van der Waals surface area (Å²) >= 11 is 0. The number of benzene rings is 1. The molecule has 1 aliphatic rings. The standard InChI is InChI=1S/C17H17N3O4/c21-15(20-7-1-2-14(20)17(23)24)10-19-16(22)12-3-4-13-9-18-6-5-11(13)8-12/h3-6,8-9,14H,1-2,7,10H2,(H,19,22)(H,23,24). The number of fused-ring (bicyclic) bond motifs is 1. The van der Waals surface area contributed by atoms with Crippen LogP contribution in [0.1, 0.15) is 23.2 Å². The molecule has 0 aliphatic carbocycles. The van der Waals surface area contributed by atoms with Crippen LogP contribution in [-0.2, 0) is 9.59 Å². The summed E-state index contributed by atoms with van der Waals surface area (Å²) < 4.78 is 0. The molecule has 7 heteroatoms. The molecule has 3 rings (SSSR count). The Balaban J connectivity index is 1.64. The minimum atomic E-state index is -1.00. The minimum Gasteiger partial charge on any atom is -0.480 e. The number of aromatic nitrogens is 1. The number of hydrogen-bond acceptors (Lipinski definition) is 4. The molecule has 0 spiro atoms. The number of aliphatic carboxylic acids is 1. The lowest BCUT2D eigenvalue weighted by atomic mass is 10.1. The van der Waals surface area contributed by atoms with Crippen LogP contribution >= 0.6 is 0 Å². The van der Waals surface area contributed by atoms with Gasteiger partial charge in [-0.15, -0.1) is 0 Å². The van der Waals surface area contributed by atoms with Crippen LogP contribution in [0.25, 0.3) is 10.8 Å². The summed E-state index contributed by atoms with van der Waals surface area (Å²) in [6.45, 7) is 0.200. The van der Waals surface area contributed by atoms with Crippen molar-refractivity contribution in [2.24, 2.45) is 0 Å². The van der Waals surface area contributed by atoms with E-state index >= 15 is 0 Å². The summed E-state index contributed by atoms with van der Waals surface area (Å²) in [5, 5.41) is 13.5. The van der Waals surface area contributed by atoms with Crippen molar-refractivity contribution in [2.45, 2.75) is 18.9 Å². The Kier molecular flexibility index (Phi) is 4.41. The summed E-state index contributed by atoms with van der Waals surface area (Å²) in [7, 11) is 0. The number of nitrogens with zero attached hydrogens (tertiary/aromatic N) is 2. The van der Waals surface area contributed by atoms with Crippen LogP contribution in [-0.4, -0.2) is 51.9 Å². The van der Waals surface area contributed by atoms with Gasteiger partial charge in [0.2, 0.25) is 5.91 Å². The van der Waals surface area contributed by atoms with Crippen molar-refractivity contribution in [3.8, 4) is 0 Å². The molecular formula is C17H17N3O4. The van der Waals surface area contributed by atoms with Crippen molar-refractivity contribution in [3.63, 3.8) is 0 Å². The number of hydrogen-bond donors (Lipinski definition) is 2. The normalized spacial score (nSPS) is 17.0. The number of amides is 2. The monoisotopic (exact) mass is 327 g/mol. The van der Waals surface area contributed by atoms with E-state index in [0.29, 0.717) is 24.9 Å². The largest absolute Gasteiger partial charge is 0.480 e. The SMILES string of the molecule is O=C(NCC(=O)N1CCCC1C(=O)O)c1ccc2cnccc2c1. The smallest absolute Gasteiger partial charge is 0.326 e. The lowest BCUT2D eigenvalue weighted by molar-refractivity contribution is -0.147. The fraction of sp³-hybridized carbons (Fsp3) is 0.294. The average molecular weight is 327 g/mol. The molecule has 124 valence electrons. The van der Waals surface area contributed by atoms with Crippen molar-refractivity contribution in [1.82, 2.24) is 15.2 Å². The van der Waals surface area contributed by atoms with Crippen LogP contribution < -0.4 is 5.32 Å². The Morgan fingerprint density at radius 3 is 2.88 bits per heavy atom. The third kappa shape index (κ3) is 3.19. The van der Waals surface area contributed by atoms with Crippen LogP contribution in [0.5, 0.6) is 0 Å². The molecule has 1 fully saturated rings. The maximum atomic E-state index is 12.2. The Hall–Kier alpha value is -2.96. The van der Waals surface area contributed by atoms with E-state index in [2.05, 4.69) is 10.3 Å². The maximum absolute atomic E-state index is 12.2. The molecule has 0 radical (unpaired) electrons. The van der Waals surface area contributed by atoms with Gasteiger partial charge >= 0.3 is 5.97 Å². The number of likely N-dealkylation sites (tertiary alicyclic amines) is 1. The zero-order valence-corrected chi connectivity index (χ0v) is 12.9. The van der Waals surface area contributed by atoms with Crippen molar-refractivity contribution in [2.75, 3.05) is 13.1 Å². The molecule has 24 heavy (non-hydrogen) atoms. The van der Waals surface area contributed by atoms with Crippen molar-refractivity contribution in [3.05, 3.63) is 42.2 Å². The summed E-state index contributed by atoms with van der Waals surface area (Å²) in [4.78, 5) is 40.8. The predicted octanol–water partition coefficient (Wildman–Crippen LogP) is 1.04. The number of rotatable bonds is 4. The number of carbonyl (C=O) groups excluding carboxylic acids is 2. The molecule has 0 saturated carbocycles. The van der Waals surface area contributed by atoms with E-state index < -0.39 is 12.0 Å². The van der Waals surface area contributed by atoms with Crippen LogP contribution in [0.15, 0.2) is 36.7 Å². The van der Waals surface area contributed by atoms with Gasteiger partial charge in [-0.3, -0.25) is 14.6 Å². The Labute approximate surface area is 138 Å². The van der Waals surface area contributed by atoms with Gasteiger partial charge in [-0.25, -0.2) is 4.79 Å². The Morgan fingerprint density at radius 2 is 2.08 bits per heavy atom. The molecule has 2 amide bonds. The van der Waals surface area contributed by atoms with E-state index in [0.717, 1.165) is 10.8 Å². The fourth-order valence-corrected chi connectivity index (χ4v) is 2.91. The number of carbonyl (C=O) groups is 3.